The molecule has 3 nitrogen and oxygen atoms in total. The number of rotatable bonds is 3. The molecular formula is C16H24N2O. The van der Waals surface area contributed by atoms with E-state index in [0.717, 1.165) is 25.2 Å². The highest BCUT2D eigenvalue weighted by Gasteiger charge is 2.43. The summed E-state index contributed by atoms with van der Waals surface area (Å²) in [4.78, 5) is 12.4. The van der Waals surface area contributed by atoms with Crippen molar-refractivity contribution in [2.24, 2.45) is 23.7 Å². The van der Waals surface area contributed by atoms with Crippen LogP contribution in [0.1, 0.15) is 57.8 Å². The van der Waals surface area contributed by atoms with Crippen LogP contribution < -0.4 is 5.32 Å². The smallest absolute Gasteiger partial charge is 0.224 e. The molecule has 0 aliphatic heterocycles. The van der Waals surface area contributed by atoms with Crippen LogP contribution in [0.5, 0.6) is 0 Å². The van der Waals surface area contributed by atoms with Crippen molar-refractivity contribution in [3.8, 4) is 6.07 Å². The number of carbonyl (C=O) groups is 1. The Hall–Kier alpha value is -1.04. The third-order valence-electron chi connectivity index (χ3n) is 5.63. The number of nitrogens with one attached hydrogen (secondary N) is 1. The van der Waals surface area contributed by atoms with Crippen LogP contribution in [-0.2, 0) is 4.79 Å². The molecule has 0 aromatic rings. The average molecular weight is 260 g/mol. The predicted molar refractivity (Wildman–Crippen MR) is 73.1 cm³/mol. The van der Waals surface area contributed by atoms with E-state index in [1.165, 1.54) is 38.5 Å². The Labute approximate surface area is 115 Å². The molecule has 0 saturated heterocycles. The first-order valence-corrected chi connectivity index (χ1v) is 7.98. The minimum atomic E-state index is -0.244. The Balaban J connectivity index is 1.57. The van der Waals surface area contributed by atoms with E-state index in [1.54, 1.807) is 0 Å². The van der Waals surface area contributed by atoms with Crippen LogP contribution >= 0.6 is 0 Å². The van der Waals surface area contributed by atoms with Crippen molar-refractivity contribution >= 4 is 5.91 Å². The number of hydrogen-bond acceptors (Lipinski definition) is 2. The fourth-order valence-electron chi connectivity index (χ4n) is 4.55. The third kappa shape index (κ3) is 2.63. The molecule has 0 radical (unpaired) electrons. The van der Waals surface area contributed by atoms with Crippen LogP contribution in [0, 0.1) is 35.0 Å². The van der Waals surface area contributed by atoms with Gasteiger partial charge < -0.3 is 5.32 Å². The van der Waals surface area contributed by atoms with E-state index in [-0.39, 0.29) is 17.9 Å². The van der Waals surface area contributed by atoms with Gasteiger partial charge in [0.2, 0.25) is 5.91 Å². The van der Waals surface area contributed by atoms with Gasteiger partial charge in [0.1, 0.15) is 6.04 Å². The lowest BCUT2D eigenvalue weighted by Gasteiger charge is -2.28. The molecule has 104 valence electrons. The Morgan fingerprint density at radius 1 is 1.11 bits per heavy atom. The standard InChI is InChI=1S/C16H24N2O/c17-10-15(12-4-2-1-3-5-12)18-16(19)14-9-11-6-7-13(14)8-11/h11-15H,1-9H2,(H,18,19). The summed E-state index contributed by atoms with van der Waals surface area (Å²) in [6.45, 7) is 0. The minimum absolute atomic E-state index is 0.171. The lowest BCUT2D eigenvalue weighted by Crippen LogP contribution is -2.44. The zero-order valence-corrected chi connectivity index (χ0v) is 11.6. The number of amides is 1. The summed E-state index contributed by atoms with van der Waals surface area (Å²) in [5.74, 6) is 2.16. The first-order valence-electron chi connectivity index (χ1n) is 7.98. The second-order valence-corrected chi connectivity index (χ2v) is 6.79. The number of fused-ring (bicyclic) bond motifs is 2. The van der Waals surface area contributed by atoms with Gasteiger partial charge in [0.15, 0.2) is 0 Å². The van der Waals surface area contributed by atoms with Crippen molar-refractivity contribution in [1.82, 2.24) is 5.32 Å². The summed E-state index contributed by atoms with van der Waals surface area (Å²) in [6, 6.07) is 2.09. The molecule has 3 rings (SSSR count). The van der Waals surface area contributed by atoms with Crippen molar-refractivity contribution in [3.05, 3.63) is 0 Å². The molecule has 2 bridgehead atoms. The van der Waals surface area contributed by atoms with Gasteiger partial charge in [-0.1, -0.05) is 25.7 Å². The number of nitriles is 1. The van der Waals surface area contributed by atoms with Gasteiger partial charge in [-0.05, 0) is 49.9 Å². The quantitative estimate of drug-likeness (QED) is 0.848. The molecule has 1 N–H and O–H groups in total. The lowest BCUT2D eigenvalue weighted by atomic mass is 9.83. The molecule has 3 aliphatic carbocycles. The van der Waals surface area contributed by atoms with E-state index in [2.05, 4.69) is 11.4 Å². The number of carbonyl (C=O) groups excluding carboxylic acids is 1. The summed E-state index contributed by atoms with van der Waals surface area (Å²) in [5, 5.41) is 12.4. The van der Waals surface area contributed by atoms with Crippen LogP contribution in [0.15, 0.2) is 0 Å². The van der Waals surface area contributed by atoms with Gasteiger partial charge in [0, 0.05) is 5.92 Å². The van der Waals surface area contributed by atoms with E-state index in [1.807, 2.05) is 0 Å². The molecule has 0 heterocycles. The first kappa shape index (κ1) is 13.0. The summed E-state index contributed by atoms with van der Waals surface area (Å²) in [7, 11) is 0. The molecule has 3 heteroatoms. The van der Waals surface area contributed by atoms with Crippen LogP contribution in [0.25, 0.3) is 0 Å². The average Bonchev–Trinajstić information content (AvgIpc) is 3.08. The van der Waals surface area contributed by atoms with Crippen molar-refractivity contribution < 1.29 is 4.79 Å². The fraction of sp³-hybridized carbons (Fsp3) is 0.875. The summed E-state index contributed by atoms with van der Waals surface area (Å²) in [5.41, 5.74) is 0. The Morgan fingerprint density at radius 2 is 1.89 bits per heavy atom. The number of nitrogens with zero attached hydrogens (tertiary/aromatic N) is 1. The Kier molecular flexibility index (Phi) is 3.77. The molecule has 0 spiro atoms. The SMILES string of the molecule is N#CC(NC(=O)C1CC2CCC1C2)C1CCCCC1. The van der Waals surface area contributed by atoms with Gasteiger partial charge in [-0.2, -0.15) is 5.26 Å². The highest BCUT2D eigenvalue weighted by molar-refractivity contribution is 5.80. The van der Waals surface area contributed by atoms with Crippen LogP contribution in [0.3, 0.4) is 0 Å². The number of hydrogen-bond donors (Lipinski definition) is 1. The molecule has 3 aliphatic rings. The van der Waals surface area contributed by atoms with Crippen LogP contribution in [0.2, 0.25) is 0 Å². The Bertz CT molecular complexity index is 381. The first-order chi connectivity index (χ1) is 9.28. The summed E-state index contributed by atoms with van der Waals surface area (Å²) < 4.78 is 0. The molecule has 4 atom stereocenters. The fourth-order valence-corrected chi connectivity index (χ4v) is 4.55. The summed E-state index contributed by atoms with van der Waals surface area (Å²) in [6.07, 6.45) is 10.8. The maximum atomic E-state index is 12.4. The molecule has 0 aromatic heterocycles. The molecule has 4 unspecified atom stereocenters. The highest BCUT2D eigenvalue weighted by atomic mass is 16.2. The minimum Gasteiger partial charge on any atom is -0.340 e. The largest absolute Gasteiger partial charge is 0.340 e. The van der Waals surface area contributed by atoms with Gasteiger partial charge in [-0.25, -0.2) is 0 Å². The molecule has 1 amide bonds. The topological polar surface area (TPSA) is 52.9 Å². The van der Waals surface area contributed by atoms with Crippen LogP contribution in [0.4, 0.5) is 0 Å². The van der Waals surface area contributed by atoms with E-state index in [9.17, 15) is 10.1 Å². The van der Waals surface area contributed by atoms with E-state index in [4.69, 9.17) is 0 Å². The van der Waals surface area contributed by atoms with Crippen molar-refractivity contribution in [3.63, 3.8) is 0 Å². The van der Waals surface area contributed by atoms with Crippen molar-refractivity contribution in [2.45, 2.75) is 63.8 Å². The monoisotopic (exact) mass is 260 g/mol. The van der Waals surface area contributed by atoms with Gasteiger partial charge in [0.05, 0.1) is 6.07 Å². The van der Waals surface area contributed by atoms with Crippen molar-refractivity contribution in [2.75, 3.05) is 0 Å². The van der Waals surface area contributed by atoms with Gasteiger partial charge in [0.25, 0.3) is 0 Å². The lowest BCUT2D eigenvalue weighted by molar-refractivity contribution is -0.127. The van der Waals surface area contributed by atoms with Crippen LogP contribution in [-0.4, -0.2) is 11.9 Å². The Morgan fingerprint density at radius 3 is 2.47 bits per heavy atom. The second kappa shape index (κ2) is 5.53. The second-order valence-electron chi connectivity index (χ2n) is 6.79. The molecule has 3 saturated carbocycles. The predicted octanol–water partition coefficient (Wildman–Crippen LogP) is 3.01. The normalized spacial score (nSPS) is 35.8. The zero-order chi connectivity index (χ0) is 13.2. The van der Waals surface area contributed by atoms with E-state index < -0.39 is 0 Å². The molecule has 0 aromatic carbocycles. The summed E-state index contributed by atoms with van der Waals surface area (Å²) >= 11 is 0. The van der Waals surface area contributed by atoms with E-state index >= 15 is 0 Å². The highest BCUT2D eigenvalue weighted by Crippen LogP contribution is 2.48. The van der Waals surface area contributed by atoms with Gasteiger partial charge in [-0.3, -0.25) is 4.79 Å². The van der Waals surface area contributed by atoms with Gasteiger partial charge in [-0.15, -0.1) is 0 Å². The van der Waals surface area contributed by atoms with E-state index in [0.29, 0.717) is 11.8 Å². The molecule has 3 fully saturated rings. The maximum Gasteiger partial charge on any atom is 0.224 e. The zero-order valence-electron chi connectivity index (χ0n) is 11.6. The van der Waals surface area contributed by atoms with Crippen molar-refractivity contribution in [1.29, 1.82) is 5.26 Å². The molecule has 19 heavy (non-hydrogen) atoms. The molecular weight excluding hydrogens is 236 g/mol. The van der Waals surface area contributed by atoms with Gasteiger partial charge >= 0.3 is 0 Å². The maximum absolute atomic E-state index is 12.4. The third-order valence-corrected chi connectivity index (χ3v) is 5.63.